The Bertz CT molecular complexity index is 691. The number of hydrogen-bond acceptors (Lipinski definition) is 3. The highest BCUT2D eigenvalue weighted by molar-refractivity contribution is 7.89. The van der Waals surface area contributed by atoms with Crippen LogP contribution in [0.4, 0.5) is 0 Å². The van der Waals surface area contributed by atoms with E-state index < -0.39 is 16.1 Å². The molecule has 27 heavy (non-hydrogen) atoms. The lowest BCUT2D eigenvalue weighted by Gasteiger charge is -2.25. The second-order valence-corrected chi connectivity index (χ2v) is 9.88. The molecule has 2 rings (SSSR count). The van der Waals surface area contributed by atoms with E-state index in [1.807, 2.05) is 20.8 Å². The van der Waals surface area contributed by atoms with Gasteiger partial charge in [0.25, 0.3) is 0 Å². The minimum Gasteiger partial charge on any atom is -0.352 e. The highest BCUT2D eigenvalue weighted by atomic mass is 32.2. The van der Waals surface area contributed by atoms with Gasteiger partial charge in [-0.15, -0.1) is 0 Å². The topological polar surface area (TPSA) is 75.3 Å². The van der Waals surface area contributed by atoms with Crippen molar-refractivity contribution < 1.29 is 13.2 Å². The number of benzene rings is 1. The summed E-state index contributed by atoms with van der Waals surface area (Å²) in [4.78, 5) is 13.1. The molecule has 0 heterocycles. The Balaban J connectivity index is 2.08. The smallest absolute Gasteiger partial charge is 0.241 e. The predicted molar refractivity (Wildman–Crippen MR) is 109 cm³/mol. The van der Waals surface area contributed by atoms with Crippen LogP contribution in [0, 0.1) is 12.8 Å². The SMILES string of the molecule is Cc1ccc(S(=O)(=O)NC(CC(C)C)C(=O)NC2CCCCCCC2)cc1. The first-order valence-corrected chi connectivity index (χ1v) is 11.7. The molecule has 0 saturated heterocycles. The zero-order valence-corrected chi connectivity index (χ0v) is 17.6. The average Bonchev–Trinajstić information content (AvgIpc) is 2.56. The van der Waals surface area contributed by atoms with Gasteiger partial charge in [-0.05, 0) is 44.2 Å². The van der Waals surface area contributed by atoms with Gasteiger partial charge in [0.1, 0.15) is 6.04 Å². The van der Waals surface area contributed by atoms with Crippen LogP contribution in [0.3, 0.4) is 0 Å². The van der Waals surface area contributed by atoms with Gasteiger partial charge in [0, 0.05) is 6.04 Å². The van der Waals surface area contributed by atoms with Crippen LogP contribution in [-0.2, 0) is 14.8 Å². The zero-order chi connectivity index (χ0) is 19.9. The first-order valence-electron chi connectivity index (χ1n) is 10.2. The Hall–Kier alpha value is -1.40. The van der Waals surface area contributed by atoms with Gasteiger partial charge >= 0.3 is 0 Å². The fraction of sp³-hybridized carbons (Fsp3) is 0.667. The molecule has 1 amide bonds. The van der Waals surface area contributed by atoms with Crippen LogP contribution >= 0.6 is 0 Å². The van der Waals surface area contributed by atoms with Gasteiger partial charge in [-0.3, -0.25) is 4.79 Å². The average molecular weight is 395 g/mol. The molecular weight excluding hydrogens is 360 g/mol. The van der Waals surface area contributed by atoms with Crippen LogP contribution in [0.25, 0.3) is 0 Å². The van der Waals surface area contributed by atoms with Crippen molar-refractivity contribution in [2.75, 3.05) is 0 Å². The lowest BCUT2D eigenvalue weighted by Crippen LogP contribution is -2.50. The van der Waals surface area contributed by atoms with E-state index >= 15 is 0 Å². The van der Waals surface area contributed by atoms with E-state index in [-0.39, 0.29) is 22.8 Å². The molecule has 1 aliphatic rings. The lowest BCUT2D eigenvalue weighted by atomic mass is 9.96. The Labute approximate surface area is 164 Å². The van der Waals surface area contributed by atoms with Crippen molar-refractivity contribution in [2.24, 2.45) is 5.92 Å². The number of carbonyl (C=O) groups excluding carboxylic acids is 1. The molecule has 0 spiro atoms. The van der Waals surface area contributed by atoms with Crippen molar-refractivity contribution in [3.8, 4) is 0 Å². The van der Waals surface area contributed by atoms with E-state index in [1.54, 1.807) is 24.3 Å². The van der Waals surface area contributed by atoms with E-state index in [1.165, 1.54) is 19.3 Å². The number of carbonyl (C=O) groups is 1. The minimum atomic E-state index is -3.73. The highest BCUT2D eigenvalue weighted by Crippen LogP contribution is 2.18. The third-order valence-corrected chi connectivity index (χ3v) is 6.59. The molecule has 1 unspecified atom stereocenters. The minimum absolute atomic E-state index is 0.149. The van der Waals surface area contributed by atoms with E-state index in [0.717, 1.165) is 31.2 Å². The molecule has 5 nitrogen and oxygen atoms in total. The van der Waals surface area contributed by atoms with E-state index in [0.29, 0.717) is 6.42 Å². The summed E-state index contributed by atoms with van der Waals surface area (Å²) in [6, 6.07) is 6.09. The number of aryl methyl sites for hydroxylation is 1. The molecule has 0 radical (unpaired) electrons. The largest absolute Gasteiger partial charge is 0.352 e. The lowest BCUT2D eigenvalue weighted by molar-refractivity contribution is -0.123. The Morgan fingerprint density at radius 3 is 2.15 bits per heavy atom. The summed E-state index contributed by atoms with van der Waals surface area (Å²) in [6.45, 7) is 5.90. The van der Waals surface area contributed by atoms with Crippen molar-refractivity contribution in [3.63, 3.8) is 0 Å². The highest BCUT2D eigenvalue weighted by Gasteiger charge is 2.28. The summed E-state index contributed by atoms with van der Waals surface area (Å²) < 4.78 is 28.1. The zero-order valence-electron chi connectivity index (χ0n) is 16.8. The third-order valence-electron chi connectivity index (χ3n) is 5.10. The molecule has 2 N–H and O–H groups in total. The van der Waals surface area contributed by atoms with Gasteiger partial charge in [0.2, 0.25) is 15.9 Å². The molecule has 1 aromatic carbocycles. The van der Waals surface area contributed by atoms with E-state index in [4.69, 9.17) is 0 Å². The maximum Gasteiger partial charge on any atom is 0.241 e. The van der Waals surface area contributed by atoms with Gasteiger partial charge < -0.3 is 5.32 Å². The fourth-order valence-electron chi connectivity index (χ4n) is 3.56. The Kier molecular flexibility index (Phi) is 8.29. The van der Waals surface area contributed by atoms with Gasteiger partial charge in [0.05, 0.1) is 4.90 Å². The van der Waals surface area contributed by atoms with Crippen molar-refractivity contribution in [3.05, 3.63) is 29.8 Å². The first-order chi connectivity index (χ1) is 12.8. The molecule has 152 valence electrons. The van der Waals surface area contributed by atoms with Crippen LogP contribution < -0.4 is 10.0 Å². The number of hydrogen-bond donors (Lipinski definition) is 2. The molecule has 1 aliphatic carbocycles. The molecule has 6 heteroatoms. The quantitative estimate of drug-likeness (QED) is 0.736. The molecule has 0 aromatic heterocycles. The summed E-state index contributed by atoms with van der Waals surface area (Å²) in [5.74, 6) is 0.00348. The van der Waals surface area contributed by atoms with E-state index in [9.17, 15) is 13.2 Å². The third kappa shape index (κ3) is 7.26. The fourth-order valence-corrected chi connectivity index (χ4v) is 4.76. The summed E-state index contributed by atoms with van der Waals surface area (Å²) in [5, 5.41) is 3.11. The van der Waals surface area contributed by atoms with Crippen LogP contribution in [0.15, 0.2) is 29.2 Å². The summed E-state index contributed by atoms with van der Waals surface area (Å²) >= 11 is 0. The molecule has 0 aliphatic heterocycles. The van der Waals surface area contributed by atoms with Gasteiger partial charge in [-0.1, -0.05) is 63.6 Å². The number of nitrogens with one attached hydrogen (secondary N) is 2. The summed E-state index contributed by atoms with van der Waals surface area (Å²) in [5.41, 5.74) is 0.995. The maximum atomic E-state index is 12.9. The Morgan fingerprint density at radius 2 is 1.59 bits per heavy atom. The monoisotopic (exact) mass is 394 g/mol. The van der Waals surface area contributed by atoms with Gasteiger partial charge in [0.15, 0.2) is 0 Å². The first kappa shape index (κ1) is 21.9. The van der Waals surface area contributed by atoms with Crippen molar-refractivity contribution in [1.29, 1.82) is 0 Å². The second kappa shape index (κ2) is 10.2. The molecule has 1 fully saturated rings. The predicted octanol–water partition coefficient (Wildman–Crippen LogP) is 3.92. The number of sulfonamides is 1. The van der Waals surface area contributed by atoms with Crippen LogP contribution in [-0.4, -0.2) is 26.4 Å². The van der Waals surface area contributed by atoms with Gasteiger partial charge in [-0.25, -0.2) is 8.42 Å². The van der Waals surface area contributed by atoms with E-state index in [2.05, 4.69) is 10.0 Å². The molecule has 1 atom stereocenters. The maximum absolute atomic E-state index is 12.9. The van der Waals surface area contributed by atoms with Gasteiger partial charge in [-0.2, -0.15) is 4.72 Å². The molecular formula is C21H34N2O3S. The normalized spacial score (nSPS) is 17.9. The molecule has 1 saturated carbocycles. The van der Waals surface area contributed by atoms with Crippen LogP contribution in [0.5, 0.6) is 0 Å². The number of rotatable bonds is 7. The van der Waals surface area contributed by atoms with Crippen molar-refractivity contribution >= 4 is 15.9 Å². The summed E-state index contributed by atoms with van der Waals surface area (Å²) in [7, 11) is -3.73. The Morgan fingerprint density at radius 1 is 1.04 bits per heavy atom. The molecule has 1 aromatic rings. The number of amides is 1. The molecule has 0 bridgehead atoms. The standard InChI is InChI=1S/C21H34N2O3S/c1-16(2)15-20(21(24)22-18-9-7-5-4-6-8-10-18)23-27(25,26)19-13-11-17(3)12-14-19/h11-14,16,18,20,23H,4-10,15H2,1-3H3,(H,22,24). The van der Waals surface area contributed by atoms with Crippen molar-refractivity contribution in [2.45, 2.75) is 89.1 Å². The van der Waals surface area contributed by atoms with Crippen LogP contribution in [0.2, 0.25) is 0 Å². The summed E-state index contributed by atoms with van der Waals surface area (Å²) in [6.07, 6.45) is 8.36. The second-order valence-electron chi connectivity index (χ2n) is 8.17. The van der Waals surface area contributed by atoms with Crippen LogP contribution in [0.1, 0.15) is 70.8 Å². The van der Waals surface area contributed by atoms with Crippen molar-refractivity contribution in [1.82, 2.24) is 10.0 Å².